The summed E-state index contributed by atoms with van der Waals surface area (Å²) in [6.45, 7) is 0. The molecule has 5 heteroatoms. The van der Waals surface area contributed by atoms with Gasteiger partial charge in [0, 0.05) is 10.6 Å². The molecule has 0 bridgehead atoms. The van der Waals surface area contributed by atoms with Crippen molar-refractivity contribution in [1.29, 1.82) is 0 Å². The first-order valence-electron chi connectivity index (χ1n) is 5.00. The fraction of sp³-hybridized carbons (Fsp3) is 0. The standard InChI is InChI=1S/C13H8Cl2O3/c14-8-1-4-10(11(15)7-8)12-5-2-9(18-12)3-6-13(16)17/h1-7H,(H,16,17)/p-1/b6-3+. The lowest BCUT2D eigenvalue weighted by molar-refractivity contribution is -0.297. The second kappa shape index (κ2) is 5.29. The van der Waals surface area contributed by atoms with Gasteiger partial charge in [-0.3, -0.25) is 0 Å². The van der Waals surface area contributed by atoms with Gasteiger partial charge in [-0.2, -0.15) is 0 Å². The van der Waals surface area contributed by atoms with Gasteiger partial charge in [0.05, 0.1) is 11.0 Å². The summed E-state index contributed by atoms with van der Waals surface area (Å²) in [5.74, 6) is -0.340. The normalized spacial score (nSPS) is 11.0. The number of rotatable bonds is 3. The molecular weight excluding hydrogens is 275 g/mol. The number of furan rings is 1. The largest absolute Gasteiger partial charge is 0.545 e. The lowest BCUT2D eigenvalue weighted by Gasteiger charge is -2.00. The van der Waals surface area contributed by atoms with E-state index >= 15 is 0 Å². The zero-order valence-electron chi connectivity index (χ0n) is 9.02. The van der Waals surface area contributed by atoms with E-state index in [9.17, 15) is 9.90 Å². The number of aliphatic carboxylic acids is 1. The Morgan fingerprint density at radius 2 is 2.00 bits per heavy atom. The number of benzene rings is 1. The van der Waals surface area contributed by atoms with Crippen LogP contribution in [-0.4, -0.2) is 5.97 Å². The second-order valence-electron chi connectivity index (χ2n) is 3.48. The Labute approximate surface area is 113 Å². The van der Waals surface area contributed by atoms with E-state index in [1.165, 1.54) is 6.08 Å². The molecule has 18 heavy (non-hydrogen) atoms. The Hall–Kier alpha value is -1.71. The Bertz CT molecular complexity index is 614. The molecule has 0 saturated carbocycles. The van der Waals surface area contributed by atoms with E-state index < -0.39 is 5.97 Å². The molecule has 0 saturated heterocycles. The van der Waals surface area contributed by atoms with E-state index in [1.54, 1.807) is 30.3 Å². The van der Waals surface area contributed by atoms with Crippen LogP contribution < -0.4 is 5.11 Å². The van der Waals surface area contributed by atoms with Crippen LogP contribution in [0, 0.1) is 0 Å². The number of hydrogen-bond acceptors (Lipinski definition) is 3. The molecule has 2 aromatic rings. The second-order valence-corrected chi connectivity index (χ2v) is 4.32. The van der Waals surface area contributed by atoms with E-state index in [2.05, 4.69) is 0 Å². The van der Waals surface area contributed by atoms with Crippen LogP contribution in [0.4, 0.5) is 0 Å². The van der Waals surface area contributed by atoms with Crippen molar-refractivity contribution >= 4 is 35.2 Å². The van der Waals surface area contributed by atoms with Crippen LogP contribution in [0.25, 0.3) is 17.4 Å². The summed E-state index contributed by atoms with van der Waals surface area (Å²) in [5, 5.41) is 11.3. The fourth-order valence-corrected chi connectivity index (χ4v) is 1.93. The number of halogens is 2. The van der Waals surface area contributed by atoms with Gasteiger partial charge in [0.25, 0.3) is 0 Å². The van der Waals surface area contributed by atoms with Crippen molar-refractivity contribution in [2.75, 3.05) is 0 Å². The quantitative estimate of drug-likeness (QED) is 0.813. The molecule has 1 aromatic carbocycles. The third-order valence-corrected chi connectivity index (χ3v) is 2.75. The smallest absolute Gasteiger partial charge is 0.136 e. The summed E-state index contributed by atoms with van der Waals surface area (Å²) in [5.41, 5.74) is 0.689. The van der Waals surface area contributed by atoms with Crippen LogP contribution in [0.3, 0.4) is 0 Å². The number of carbonyl (C=O) groups is 1. The summed E-state index contributed by atoms with van der Waals surface area (Å²) in [4.78, 5) is 10.3. The Kier molecular flexibility index (Phi) is 3.75. The molecule has 0 aliphatic heterocycles. The summed E-state index contributed by atoms with van der Waals surface area (Å²) in [7, 11) is 0. The summed E-state index contributed by atoms with van der Waals surface area (Å²) < 4.78 is 5.44. The van der Waals surface area contributed by atoms with Gasteiger partial charge in [-0.25, -0.2) is 0 Å². The lowest BCUT2D eigenvalue weighted by atomic mass is 10.2. The molecule has 1 heterocycles. The molecule has 0 spiro atoms. The molecule has 3 nitrogen and oxygen atoms in total. The van der Waals surface area contributed by atoms with Gasteiger partial charge in [-0.05, 0) is 42.5 Å². The Morgan fingerprint density at radius 1 is 1.22 bits per heavy atom. The van der Waals surface area contributed by atoms with Crippen molar-refractivity contribution in [1.82, 2.24) is 0 Å². The van der Waals surface area contributed by atoms with Gasteiger partial charge < -0.3 is 14.3 Å². The predicted molar refractivity (Wildman–Crippen MR) is 68.2 cm³/mol. The van der Waals surface area contributed by atoms with Crippen molar-refractivity contribution in [2.45, 2.75) is 0 Å². The lowest BCUT2D eigenvalue weighted by Crippen LogP contribution is -2.18. The first kappa shape index (κ1) is 12.7. The third kappa shape index (κ3) is 2.94. The average Bonchev–Trinajstić information content (AvgIpc) is 2.75. The molecule has 0 unspecified atom stereocenters. The van der Waals surface area contributed by atoms with Gasteiger partial charge in [-0.1, -0.05) is 23.2 Å². The first-order valence-corrected chi connectivity index (χ1v) is 5.76. The zero-order valence-corrected chi connectivity index (χ0v) is 10.5. The van der Waals surface area contributed by atoms with Gasteiger partial charge in [0.15, 0.2) is 0 Å². The highest BCUT2D eigenvalue weighted by Gasteiger charge is 2.08. The third-order valence-electron chi connectivity index (χ3n) is 2.21. The fourth-order valence-electron chi connectivity index (χ4n) is 1.43. The highest BCUT2D eigenvalue weighted by Crippen LogP contribution is 2.31. The molecule has 0 radical (unpaired) electrons. The zero-order chi connectivity index (χ0) is 13.1. The van der Waals surface area contributed by atoms with E-state index in [-0.39, 0.29) is 0 Å². The number of carbonyl (C=O) groups excluding carboxylic acids is 1. The minimum absolute atomic E-state index is 0.403. The van der Waals surface area contributed by atoms with Crippen molar-refractivity contribution in [2.24, 2.45) is 0 Å². The topological polar surface area (TPSA) is 53.3 Å². The molecule has 0 amide bonds. The molecule has 92 valence electrons. The van der Waals surface area contributed by atoms with Crippen LogP contribution in [0.5, 0.6) is 0 Å². The summed E-state index contributed by atoms with van der Waals surface area (Å²) >= 11 is 11.8. The maximum absolute atomic E-state index is 10.3. The van der Waals surface area contributed by atoms with E-state index in [0.717, 1.165) is 6.08 Å². The van der Waals surface area contributed by atoms with Crippen LogP contribution in [0.2, 0.25) is 10.0 Å². The molecule has 1 aromatic heterocycles. The number of carboxylic acids is 1. The molecule has 0 aliphatic rings. The summed E-state index contributed by atoms with van der Waals surface area (Å²) in [6, 6.07) is 8.37. The van der Waals surface area contributed by atoms with E-state index in [4.69, 9.17) is 27.6 Å². The minimum atomic E-state index is -1.28. The number of carboxylic acid groups (broad SMARTS) is 1. The minimum Gasteiger partial charge on any atom is -0.545 e. The van der Waals surface area contributed by atoms with Crippen LogP contribution in [0.15, 0.2) is 40.8 Å². The molecule has 0 fully saturated rings. The van der Waals surface area contributed by atoms with Crippen LogP contribution in [0.1, 0.15) is 5.76 Å². The maximum atomic E-state index is 10.3. The van der Waals surface area contributed by atoms with Gasteiger partial charge in [0.1, 0.15) is 11.5 Å². The van der Waals surface area contributed by atoms with Crippen LogP contribution >= 0.6 is 23.2 Å². The highest BCUT2D eigenvalue weighted by molar-refractivity contribution is 6.36. The highest BCUT2D eigenvalue weighted by atomic mass is 35.5. The first-order chi connectivity index (χ1) is 8.56. The van der Waals surface area contributed by atoms with Gasteiger partial charge >= 0.3 is 0 Å². The van der Waals surface area contributed by atoms with Crippen molar-refractivity contribution in [3.8, 4) is 11.3 Å². The Morgan fingerprint density at radius 3 is 2.67 bits per heavy atom. The summed E-state index contributed by atoms with van der Waals surface area (Å²) in [6.07, 6.45) is 2.20. The molecule has 2 rings (SSSR count). The predicted octanol–water partition coefficient (Wildman–Crippen LogP) is 3.02. The molecule has 0 atom stereocenters. The van der Waals surface area contributed by atoms with Crippen molar-refractivity contribution in [3.05, 3.63) is 52.2 Å². The van der Waals surface area contributed by atoms with Gasteiger partial charge in [-0.15, -0.1) is 0 Å². The Balaban J connectivity index is 2.32. The van der Waals surface area contributed by atoms with Crippen molar-refractivity contribution < 1.29 is 14.3 Å². The van der Waals surface area contributed by atoms with Crippen molar-refractivity contribution in [3.63, 3.8) is 0 Å². The SMILES string of the molecule is O=C([O-])/C=C/c1ccc(-c2ccc(Cl)cc2Cl)o1. The molecular formula is C13H7Cl2O3-. The van der Waals surface area contributed by atoms with E-state index in [1.807, 2.05) is 0 Å². The average molecular weight is 282 g/mol. The molecule has 0 aliphatic carbocycles. The van der Waals surface area contributed by atoms with E-state index in [0.29, 0.717) is 27.1 Å². The molecule has 0 N–H and O–H groups in total. The van der Waals surface area contributed by atoms with Gasteiger partial charge in [0.2, 0.25) is 0 Å². The monoisotopic (exact) mass is 281 g/mol. The van der Waals surface area contributed by atoms with Crippen LogP contribution in [-0.2, 0) is 4.79 Å². The number of hydrogen-bond donors (Lipinski definition) is 0. The maximum Gasteiger partial charge on any atom is 0.136 e.